The van der Waals surface area contributed by atoms with Gasteiger partial charge in [-0.05, 0) is 6.42 Å². The third-order valence-electron chi connectivity index (χ3n) is 2.64. The molecule has 0 radical (unpaired) electrons. The molecule has 17 heavy (non-hydrogen) atoms. The average molecular weight is 257 g/mol. The number of halogens is 1. The van der Waals surface area contributed by atoms with Crippen molar-refractivity contribution in [3.05, 3.63) is 11.2 Å². The Hall–Kier alpha value is -1.56. The van der Waals surface area contributed by atoms with Gasteiger partial charge in [0, 0.05) is 13.6 Å². The summed E-state index contributed by atoms with van der Waals surface area (Å²) in [6.07, 6.45) is 2.18. The molecule has 1 amide bonds. The minimum Gasteiger partial charge on any atom is -0.467 e. The first-order valence-corrected chi connectivity index (χ1v) is 5.57. The van der Waals surface area contributed by atoms with E-state index in [-0.39, 0.29) is 18.0 Å². The van der Waals surface area contributed by atoms with Gasteiger partial charge in [0.1, 0.15) is 11.1 Å². The number of carbonyl (C=O) groups is 1. The van der Waals surface area contributed by atoms with E-state index in [2.05, 4.69) is 15.3 Å². The van der Waals surface area contributed by atoms with Crippen LogP contribution in [0.15, 0.2) is 6.20 Å². The van der Waals surface area contributed by atoms with Gasteiger partial charge in [-0.1, -0.05) is 11.6 Å². The summed E-state index contributed by atoms with van der Waals surface area (Å²) in [5, 5.41) is 3.38. The van der Waals surface area contributed by atoms with Gasteiger partial charge in [-0.3, -0.25) is 4.79 Å². The van der Waals surface area contributed by atoms with Crippen molar-refractivity contribution < 1.29 is 9.53 Å². The fourth-order valence-electron chi connectivity index (χ4n) is 1.67. The van der Waals surface area contributed by atoms with Crippen LogP contribution in [0.5, 0.6) is 6.01 Å². The fraction of sp³-hybridized carbons (Fsp3) is 0.500. The smallest absolute Gasteiger partial charge is 0.318 e. The maximum atomic E-state index is 11.7. The van der Waals surface area contributed by atoms with Crippen LogP contribution >= 0.6 is 11.6 Å². The standard InChI is InChI=1S/C10H13ClN4O2/c1-15-4-3-7(9(15)16)13-8-6(11)5-12-10(14-8)17-2/h5,7H,3-4H2,1-2H3,(H,12,13,14). The molecular formula is C10H13ClN4O2. The molecule has 7 heteroatoms. The summed E-state index contributed by atoms with van der Waals surface area (Å²) in [5.74, 6) is 0.464. The number of hydrogen-bond acceptors (Lipinski definition) is 5. The van der Waals surface area contributed by atoms with Crippen LogP contribution in [0, 0.1) is 0 Å². The molecule has 0 saturated carbocycles. The highest BCUT2D eigenvalue weighted by Gasteiger charge is 2.29. The van der Waals surface area contributed by atoms with Gasteiger partial charge in [0.05, 0.1) is 13.3 Å². The predicted molar refractivity (Wildman–Crippen MR) is 63.3 cm³/mol. The molecule has 1 aliphatic heterocycles. The molecule has 6 nitrogen and oxygen atoms in total. The fourth-order valence-corrected chi connectivity index (χ4v) is 1.82. The topological polar surface area (TPSA) is 67.3 Å². The van der Waals surface area contributed by atoms with E-state index < -0.39 is 0 Å². The molecule has 0 bridgehead atoms. The minimum absolute atomic E-state index is 0.0404. The molecular weight excluding hydrogens is 244 g/mol. The number of anilines is 1. The molecule has 0 spiro atoms. The molecule has 1 aromatic heterocycles. The molecule has 0 aromatic carbocycles. The Morgan fingerprint density at radius 3 is 3.00 bits per heavy atom. The lowest BCUT2D eigenvalue weighted by Gasteiger charge is -2.13. The van der Waals surface area contributed by atoms with Crippen molar-refractivity contribution in [1.29, 1.82) is 0 Å². The molecule has 2 rings (SSSR count). The van der Waals surface area contributed by atoms with Gasteiger partial charge in [-0.2, -0.15) is 4.98 Å². The van der Waals surface area contributed by atoms with Crippen molar-refractivity contribution in [3.8, 4) is 6.01 Å². The normalized spacial score (nSPS) is 19.6. The number of nitrogens with zero attached hydrogens (tertiary/aromatic N) is 3. The van der Waals surface area contributed by atoms with Gasteiger partial charge in [0.15, 0.2) is 5.82 Å². The van der Waals surface area contributed by atoms with Crippen LogP contribution in [0.3, 0.4) is 0 Å². The lowest BCUT2D eigenvalue weighted by Crippen LogP contribution is -2.31. The van der Waals surface area contributed by atoms with E-state index >= 15 is 0 Å². The number of likely N-dealkylation sites (tertiary alicyclic amines) is 1. The Morgan fingerprint density at radius 2 is 2.41 bits per heavy atom. The number of ether oxygens (including phenoxy) is 1. The summed E-state index contributed by atoms with van der Waals surface area (Å²) in [7, 11) is 3.24. The quantitative estimate of drug-likeness (QED) is 0.866. The minimum atomic E-state index is -0.280. The zero-order valence-electron chi connectivity index (χ0n) is 9.61. The first-order chi connectivity index (χ1) is 8.11. The Labute approximate surface area is 104 Å². The number of rotatable bonds is 3. The monoisotopic (exact) mass is 256 g/mol. The number of carbonyl (C=O) groups excluding carboxylic acids is 1. The summed E-state index contributed by atoms with van der Waals surface area (Å²) in [6.45, 7) is 0.732. The maximum Gasteiger partial charge on any atom is 0.318 e. The summed E-state index contributed by atoms with van der Waals surface area (Å²) < 4.78 is 4.91. The molecule has 1 N–H and O–H groups in total. The van der Waals surface area contributed by atoms with E-state index in [1.165, 1.54) is 13.3 Å². The van der Waals surface area contributed by atoms with Crippen LogP contribution in [0.4, 0.5) is 5.82 Å². The second-order valence-electron chi connectivity index (χ2n) is 3.80. The van der Waals surface area contributed by atoms with Gasteiger partial charge in [-0.25, -0.2) is 4.98 Å². The van der Waals surface area contributed by atoms with Crippen molar-refractivity contribution >= 4 is 23.3 Å². The lowest BCUT2D eigenvalue weighted by atomic mass is 10.2. The Balaban J connectivity index is 2.15. The summed E-state index contributed by atoms with van der Waals surface area (Å²) >= 11 is 5.95. The van der Waals surface area contributed by atoms with Crippen molar-refractivity contribution in [2.45, 2.75) is 12.5 Å². The van der Waals surface area contributed by atoms with Crippen LogP contribution in [-0.4, -0.2) is 47.5 Å². The third kappa shape index (κ3) is 2.41. The first kappa shape index (κ1) is 11.9. The molecule has 92 valence electrons. The summed E-state index contributed by atoms with van der Waals surface area (Å²) in [4.78, 5) is 21.3. The highest BCUT2D eigenvalue weighted by atomic mass is 35.5. The van der Waals surface area contributed by atoms with Gasteiger partial charge in [0.25, 0.3) is 0 Å². The van der Waals surface area contributed by atoms with Crippen LogP contribution in [0.1, 0.15) is 6.42 Å². The van der Waals surface area contributed by atoms with Crippen molar-refractivity contribution in [3.63, 3.8) is 0 Å². The number of likely N-dealkylation sites (N-methyl/N-ethyl adjacent to an activating group) is 1. The number of aromatic nitrogens is 2. The van der Waals surface area contributed by atoms with Crippen molar-refractivity contribution in [1.82, 2.24) is 14.9 Å². The zero-order valence-corrected chi connectivity index (χ0v) is 10.4. The lowest BCUT2D eigenvalue weighted by molar-refractivity contribution is -0.127. The second kappa shape index (κ2) is 4.75. The van der Waals surface area contributed by atoms with E-state index in [1.54, 1.807) is 11.9 Å². The third-order valence-corrected chi connectivity index (χ3v) is 2.92. The number of nitrogens with one attached hydrogen (secondary N) is 1. The Morgan fingerprint density at radius 1 is 1.65 bits per heavy atom. The van der Waals surface area contributed by atoms with Crippen molar-refractivity contribution in [2.75, 3.05) is 26.0 Å². The van der Waals surface area contributed by atoms with E-state index in [9.17, 15) is 4.79 Å². The Kier molecular flexibility index (Phi) is 3.33. The average Bonchev–Trinajstić information content (AvgIpc) is 2.64. The maximum absolute atomic E-state index is 11.7. The van der Waals surface area contributed by atoms with E-state index in [0.29, 0.717) is 10.8 Å². The second-order valence-corrected chi connectivity index (χ2v) is 4.21. The van der Waals surface area contributed by atoms with Crippen molar-refractivity contribution in [2.24, 2.45) is 0 Å². The molecule has 1 fully saturated rings. The molecule has 2 heterocycles. The summed E-state index contributed by atoms with van der Waals surface area (Å²) in [6, 6.07) is -0.0622. The first-order valence-electron chi connectivity index (χ1n) is 5.20. The highest BCUT2D eigenvalue weighted by molar-refractivity contribution is 6.32. The van der Waals surface area contributed by atoms with E-state index in [1.807, 2.05) is 0 Å². The largest absolute Gasteiger partial charge is 0.467 e. The van der Waals surface area contributed by atoms with Crippen LogP contribution in [0.2, 0.25) is 5.02 Å². The van der Waals surface area contributed by atoms with Gasteiger partial charge < -0.3 is 15.0 Å². The zero-order chi connectivity index (χ0) is 12.4. The van der Waals surface area contributed by atoms with Gasteiger partial charge in [-0.15, -0.1) is 0 Å². The van der Waals surface area contributed by atoms with Gasteiger partial charge >= 0.3 is 6.01 Å². The SMILES string of the molecule is COc1ncc(Cl)c(NC2CCN(C)C2=O)n1. The number of hydrogen-bond donors (Lipinski definition) is 1. The molecule has 1 aromatic rings. The van der Waals surface area contributed by atoms with E-state index in [4.69, 9.17) is 16.3 Å². The predicted octanol–water partition coefficient (Wildman–Crippen LogP) is 0.781. The molecule has 1 saturated heterocycles. The number of methoxy groups -OCH3 is 1. The summed E-state index contributed by atoms with van der Waals surface area (Å²) in [5.41, 5.74) is 0. The molecule has 1 unspecified atom stereocenters. The van der Waals surface area contributed by atoms with Gasteiger partial charge in [0.2, 0.25) is 5.91 Å². The van der Waals surface area contributed by atoms with E-state index in [0.717, 1.165) is 13.0 Å². The highest BCUT2D eigenvalue weighted by Crippen LogP contribution is 2.23. The molecule has 1 atom stereocenters. The Bertz CT molecular complexity index is 440. The van der Waals surface area contributed by atoms with Crippen LogP contribution < -0.4 is 10.1 Å². The molecule has 1 aliphatic rings. The number of amides is 1. The van der Waals surface area contributed by atoms with Crippen LogP contribution in [0.25, 0.3) is 0 Å². The van der Waals surface area contributed by atoms with Crippen LogP contribution in [-0.2, 0) is 4.79 Å². The molecule has 0 aliphatic carbocycles.